The Kier molecular flexibility index (Phi) is 2.89. The number of carbonyl (C=O) groups excluding carboxylic acids is 2. The quantitative estimate of drug-likeness (QED) is 0.492. The largest absolute Gasteiger partial charge is 0.492 e. The van der Waals surface area contributed by atoms with E-state index in [9.17, 15) is 14.4 Å². The van der Waals surface area contributed by atoms with Crippen molar-refractivity contribution in [1.82, 2.24) is 10.3 Å². The highest BCUT2D eigenvalue weighted by Crippen LogP contribution is 1.93. The van der Waals surface area contributed by atoms with E-state index in [2.05, 4.69) is 9.15 Å². The molecule has 1 fully saturated rings. The molecule has 8 nitrogen and oxygen atoms in total. The van der Waals surface area contributed by atoms with Crippen LogP contribution in [-0.4, -0.2) is 28.7 Å². The van der Waals surface area contributed by atoms with Crippen LogP contribution in [0.5, 0.6) is 5.88 Å². The number of H-pyrrole nitrogens is 1. The maximum absolute atomic E-state index is 10.00. The lowest BCUT2D eigenvalue weighted by atomic mass is 10.7. The number of imide groups is 1. The van der Waals surface area contributed by atoms with Gasteiger partial charge in [-0.15, -0.1) is 0 Å². The maximum atomic E-state index is 10.00. The summed E-state index contributed by atoms with van der Waals surface area (Å²) >= 11 is 0. The number of oxazole rings is 1. The van der Waals surface area contributed by atoms with Gasteiger partial charge in [0.25, 0.3) is 5.91 Å². The third-order valence-corrected chi connectivity index (χ3v) is 1.08. The van der Waals surface area contributed by atoms with Crippen molar-refractivity contribution >= 4 is 12.0 Å². The van der Waals surface area contributed by atoms with Gasteiger partial charge in [0, 0.05) is 0 Å². The van der Waals surface area contributed by atoms with Crippen molar-refractivity contribution in [3.05, 3.63) is 16.8 Å². The number of aromatic hydroxyl groups is 1. The second kappa shape index (κ2) is 4.12. The molecule has 0 atom stereocenters. The van der Waals surface area contributed by atoms with Crippen molar-refractivity contribution in [2.45, 2.75) is 0 Å². The highest BCUT2D eigenvalue weighted by Gasteiger charge is 2.17. The molecule has 0 saturated carbocycles. The van der Waals surface area contributed by atoms with Crippen LogP contribution >= 0.6 is 0 Å². The van der Waals surface area contributed by atoms with Crippen LogP contribution in [0.25, 0.3) is 0 Å². The van der Waals surface area contributed by atoms with E-state index >= 15 is 0 Å². The Morgan fingerprint density at radius 3 is 2.21 bits per heavy atom. The monoisotopic (exact) mass is 202 g/mol. The number of ether oxygens (including phenoxy) is 1. The van der Waals surface area contributed by atoms with E-state index in [4.69, 9.17) is 5.11 Å². The number of hydrogen-bond acceptors (Lipinski definition) is 6. The van der Waals surface area contributed by atoms with Gasteiger partial charge >= 0.3 is 11.8 Å². The van der Waals surface area contributed by atoms with Gasteiger partial charge in [0.2, 0.25) is 5.88 Å². The average Bonchev–Trinajstić information content (AvgIpc) is 2.63. The Labute approximate surface area is 76.5 Å². The standard InChI is InChI=1S/2C3H3NO3/c2*5-2-1-7-3(6)4-2/h1H2,(H,4,5,6);1,5H,(H,4,6). The van der Waals surface area contributed by atoms with Crippen molar-refractivity contribution in [2.75, 3.05) is 6.61 Å². The number of aromatic nitrogens is 1. The summed E-state index contributed by atoms with van der Waals surface area (Å²) in [5, 5.41) is 10.2. The maximum Gasteiger partial charge on any atom is 0.419 e. The molecule has 1 aromatic heterocycles. The summed E-state index contributed by atoms with van der Waals surface area (Å²) in [6, 6.07) is 0. The first-order valence-electron chi connectivity index (χ1n) is 3.41. The van der Waals surface area contributed by atoms with Crippen LogP contribution in [0.3, 0.4) is 0 Å². The summed E-state index contributed by atoms with van der Waals surface area (Å²) in [6.07, 6.45) is 0.285. The average molecular weight is 202 g/mol. The van der Waals surface area contributed by atoms with Gasteiger partial charge in [0.15, 0.2) is 12.9 Å². The van der Waals surface area contributed by atoms with Gasteiger partial charge in [-0.1, -0.05) is 0 Å². The molecule has 1 aliphatic rings. The number of rotatable bonds is 0. The smallest absolute Gasteiger partial charge is 0.419 e. The van der Waals surface area contributed by atoms with Crippen molar-refractivity contribution in [1.29, 1.82) is 0 Å². The van der Waals surface area contributed by atoms with Crippen LogP contribution in [-0.2, 0) is 9.53 Å². The number of nitrogens with one attached hydrogen (secondary N) is 2. The van der Waals surface area contributed by atoms with Gasteiger partial charge in [0.1, 0.15) is 0 Å². The first-order chi connectivity index (χ1) is 6.58. The molecule has 2 amide bonds. The number of aromatic amines is 1. The molecule has 2 rings (SSSR count). The molecule has 3 N–H and O–H groups in total. The molecular weight excluding hydrogens is 196 g/mol. The molecule has 0 aliphatic carbocycles. The van der Waals surface area contributed by atoms with Crippen LogP contribution in [0, 0.1) is 0 Å². The van der Waals surface area contributed by atoms with Crippen molar-refractivity contribution < 1.29 is 23.8 Å². The SMILES string of the molecule is O=C1COC(=O)N1.O=c1[nH]c(O)co1. The molecule has 0 unspecified atom stereocenters. The lowest BCUT2D eigenvalue weighted by Gasteiger charge is -1.78. The van der Waals surface area contributed by atoms with E-state index in [-0.39, 0.29) is 18.4 Å². The van der Waals surface area contributed by atoms with Crippen LogP contribution in [0.1, 0.15) is 0 Å². The number of cyclic esters (lactones) is 1. The van der Waals surface area contributed by atoms with E-state index in [0.717, 1.165) is 6.26 Å². The van der Waals surface area contributed by atoms with E-state index in [0.29, 0.717) is 0 Å². The molecule has 1 saturated heterocycles. The number of amides is 2. The molecule has 0 spiro atoms. The summed E-state index contributed by atoms with van der Waals surface area (Å²) in [4.78, 5) is 31.8. The summed E-state index contributed by atoms with van der Waals surface area (Å²) in [7, 11) is 0. The van der Waals surface area contributed by atoms with Gasteiger partial charge in [-0.2, -0.15) is 0 Å². The second-order valence-electron chi connectivity index (χ2n) is 2.16. The zero-order valence-corrected chi connectivity index (χ0v) is 6.77. The summed E-state index contributed by atoms with van der Waals surface area (Å²) in [5.41, 5.74) is 0. The minimum Gasteiger partial charge on any atom is -0.492 e. The van der Waals surface area contributed by atoms with E-state index < -0.39 is 11.8 Å². The Morgan fingerprint density at radius 2 is 2.07 bits per heavy atom. The number of alkyl carbamates (subject to hydrolysis) is 1. The highest BCUT2D eigenvalue weighted by molar-refractivity contribution is 5.97. The topological polar surface area (TPSA) is 122 Å². The van der Waals surface area contributed by atoms with E-state index in [1.165, 1.54) is 0 Å². The Balaban J connectivity index is 0.000000140. The molecule has 1 aromatic rings. The third kappa shape index (κ3) is 3.01. The fourth-order valence-corrected chi connectivity index (χ4v) is 0.590. The van der Waals surface area contributed by atoms with Gasteiger partial charge < -0.3 is 14.3 Å². The van der Waals surface area contributed by atoms with Crippen molar-refractivity contribution in [3.8, 4) is 5.88 Å². The summed E-state index contributed by atoms with van der Waals surface area (Å²) in [6.45, 7) is -0.126. The molecule has 8 heteroatoms. The predicted octanol–water partition coefficient (Wildman–Crippen LogP) is -1.07. The van der Waals surface area contributed by atoms with Gasteiger partial charge in [-0.05, 0) is 0 Å². The van der Waals surface area contributed by atoms with Crippen LogP contribution in [0.4, 0.5) is 4.79 Å². The van der Waals surface area contributed by atoms with E-state index in [1.54, 1.807) is 0 Å². The summed E-state index contributed by atoms with van der Waals surface area (Å²) in [5.74, 6) is -1.26. The minimum atomic E-state index is -0.648. The fraction of sp³-hybridized carbons (Fsp3) is 0.167. The van der Waals surface area contributed by atoms with Crippen LogP contribution in [0.2, 0.25) is 0 Å². The predicted molar refractivity (Wildman–Crippen MR) is 40.5 cm³/mol. The van der Waals surface area contributed by atoms with Gasteiger partial charge in [-0.3, -0.25) is 15.1 Å². The van der Waals surface area contributed by atoms with E-state index in [1.807, 2.05) is 10.3 Å². The molecule has 14 heavy (non-hydrogen) atoms. The number of carbonyl (C=O) groups is 2. The molecule has 0 radical (unpaired) electrons. The summed E-state index contributed by atoms with van der Waals surface area (Å²) < 4.78 is 8.27. The Hall–Kier alpha value is -2.25. The number of hydrogen-bond donors (Lipinski definition) is 3. The lowest BCUT2D eigenvalue weighted by molar-refractivity contribution is -0.119. The van der Waals surface area contributed by atoms with Crippen molar-refractivity contribution in [3.63, 3.8) is 0 Å². The van der Waals surface area contributed by atoms with Gasteiger partial charge in [-0.25, -0.2) is 9.59 Å². The van der Waals surface area contributed by atoms with Crippen LogP contribution in [0.15, 0.2) is 15.5 Å². The van der Waals surface area contributed by atoms with Crippen LogP contribution < -0.4 is 11.1 Å². The van der Waals surface area contributed by atoms with Crippen molar-refractivity contribution in [2.24, 2.45) is 0 Å². The molecule has 0 bridgehead atoms. The minimum absolute atomic E-state index is 0.126. The fourth-order valence-electron chi connectivity index (χ4n) is 0.590. The Morgan fingerprint density at radius 1 is 1.36 bits per heavy atom. The lowest BCUT2D eigenvalue weighted by Crippen LogP contribution is -2.18. The molecule has 76 valence electrons. The molecule has 0 aromatic carbocycles. The molecule has 2 heterocycles. The highest BCUT2D eigenvalue weighted by atomic mass is 16.6. The third-order valence-electron chi connectivity index (χ3n) is 1.08. The second-order valence-corrected chi connectivity index (χ2v) is 2.16. The molecule has 1 aliphatic heterocycles. The normalized spacial score (nSPS) is 14.0. The first kappa shape index (κ1) is 9.84. The first-order valence-corrected chi connectivity index (χ1v) is 3.41. The zero-order chi connectivity index (χ0) is 10.6. The zero-order valence-electron chi connectivity index (χ0n) is 6.77. The van der Waals surface area contributed by atoms with Gasteiger partial charge in [0.05, 0.1) is 0 Å². The molecular formula is C6H6N2O6. The Bertz CT molecular complexity index is 377.